The number of hydrogen-bond donors (Lipinski definition) is 1. The van der Waals surface area contributed by atoms with Crippen LogP contribution >= 0.6 is 12.4 Å². The fourth-order valence-corrected chi connectivity index (χ4v) is 1.82. The Bertz CT molecular complexity index is 428. The highest BCUT2D eigenvalue weighted by Crippen LogP contribution is 2.33. The first kappa shape index (κ1) is 17.0. The minimum absolute atomic E-state index is 0. The lowest BCUT2D eigenvalue weighted by atomic mass is 10.1. The van der Waals surface area contributed by atoms with Gasteiger partial charge in [0.05, 0.1) is 19.3 Å². The Morgan fingerprint density at radius 2 is 2.00 bits per heavy atom. The topological polar surface area (TPSA) is 30.5 Å². The van der Waals surface area contributed by atoms with Gasteiger partial charge in [-0.2, -0.15) is 17.6 Å². The molecule has 1 atom stereocenters. The van der Waals surface area contributed by atoms with Crippen molar-refractivity contribution in [3.05, 3.63) is 29.8 Å². The van der Waals surface area contributed by atoms with Crippen LogP contribution in [0.3, 0.4) is 0 Å². The van der Waals surface area contributed by atoms with Gasteiger partial charge in [0.2, 0.25) is 0 Å². The average Bonchev–Trinajstić information content (AvgIpc) is 2.40. The zero-order valence-corrected chi connectivity index (χ0v) is 11.1. The van der Waals surface area contributed by atoms with Gasteiger partial charge in [0, 0.05) is 12.1 Å². The summed E-state index contributed by atoms with van der Waals surface area (Å²) in [5, 5.41) is 3.05. The Morgan fingerprint density at radius 3 is 2.60 bits per heavy atom. The number of halogens is 5. The van der Waals surface area contributed by atoms with E-state index in [4.69, 9.17) is 4.74 Å². The molecule has 1 heterocycles. The van der Waals surface area contributed by atoms with Crippen LogP contribution in [0.2, 0.25) is 0 Å². The Labute approximate surface area is 119 Å². The highest BCUT2D eigenvalue weighted by Gasteiger charge is 2.44. The molecular formula is C12H14ClF4NO2. The van der Waals surface area contributed by atoms with Gasteiger partial charge in [-0.3, -0.25) is 0 Å². The maximum Gasteiger partial charge on any atom is 0.461 e. The van der Waals surface area contributed by atoms with Crippen molar-refractivity contribution < 1.29 is 27.0 Å². The van der Waals surface area contributed by atoms with Crippen LogP contribution in [0.15, 0.2) is 24.3 Å². The zero-order valence-electron chi connectivity index (χ0n) is 10.3. The van der Waals surface area contributed by atoms with Gasteiger partial charge in [-0.1, -0.05) is 18.2 Å². The molecule has 0 radical (unpaired) electrons. The number of para-hydroxylation sites is 1. The summed E-state index contributed by atoms with van der Waals surface area (Å²) in [5.41, 5.74) is 0.377. The number of ether oxygens (including phenoxy) is 2. The number of benzene rings is 1. The smallest absolute Gasteiger partial charge is 0.428 e. The van der Waals surface area contributed by atoms with Crippen molar-refractivity contribution in [2.24, 2.45) is 0 Å². The highest BCUT2D eigenvalue weighted by molar-refractivity contribution is 5.85. The van der Waals surface area contributed by atoms with Gasteiger partial charge in [-0.25, -0.2) is 0 Å². The van der Waals surface area contributed by atoms with E-state index >= 15 is 0 Å². The Balaban J connectivity index is 0.00000200. The van der Waals surface area contributed by atoms with Gasteiger partial charge in [0.25, 0.3) is 0 Å². The number of hydrogen-bond acceptors (Lipinski definition) is 3. The first-order valence-corrected chi connectivity index (χ1v) is 5.76. The maximum atomic E-state index is 13.0. The van der Waals surface area contributed by atoms with Crippen molar-refractivity contribution in [2.75, 3.05) is 19.8 Å². The molecule has 1 saturated heterocycles. The molecule has 0 bridgehead atoms. The molecule has 0 aliphatic carbocycles. The van der Waals surface area contributed by atoms with Crippen LogP contribution in [0.5, 0.6) is 5.75 Å². The molecule has 3 nitrogen and oxygen atoms in total. The lowest BCUT2D eigenvalue weighted by Gasteiger charge is -2.27. The van der Waals surface area contributed by atoms with E-state index in [1.807, 2.05) is 0 Å². The normalized spacial score (nSPS) is 19.6. The Hall–Kier alpha value is -1.05. The van der Waals surface area contributed by atoms with E-state index in [-0.39, 0.29) is 30.8 Å². The third kappa shape index (κ3) is 3.97. The summed E-state index contributed by atoms with van der Waals surface area (Å²) in [6.45, 7) is 1.36. The molecule has 20 heavy (non-hydrogen) atoms. The summed E-state index contributed by atoms with van der Waals surface area (Å²) < 4.78 is 59.6. The van der Waals surface area contributed by atoms with E-state index in [1.54, 1.807) is 12.1 Å². The molecular weight excluding hydrogens is 302 g/mol. The first-order chi connectivity index (χ1) is 9.00. The fourth-order valence-electron chi connectivity index (χ4n) is 1.82. The van der Waals surface area contributed by atoms with Gasteiger partial charge in [-0.15, -0.1) is 12.4 Å². The van der Waals surface area contributed by atoms with Crippen molar-refractivity contribution in [1.29, 1.82) is 0 Å². The number of morpholine rings is 1. The summed E-state index contributed by atoms with van der Waals surface area (Å²) in [6.07, 6.45) is -8.39. The Kier molecular flexibility index (Phi) is 6.04. The molecule has 0 unspecified atom stereocenters. The third-order valence-electron chi connectivity index (χ3n) is 2.72. The highest BCUT2D eigenvalue weighted by atomic mass is 35.5. The lowest BCUT2D eigenvalue weighted by Crippen LogP contribution is -2.37. The van der Waals surface area contributed by atoms with Crippen LogP contribution < -0.4 is 10.1 Å². The van der Waals surface area contributed by atoms with Crippen molar-refractivity contribution in [3.8, 4) is 5.75 Å². The van der Waals surface area contributed by atoms with E-state index in [1.165, 1.54) is 12.1 Å². The zero-order chi connectivity index (χ0) is 13.9. The summed E-state index contributed by atoms with van der Waals surface area (Å²) in [7, 11) is 0. The van der Waals surface area contributed by atoms with Crippen molar-refractivity contribution in [2.45, 2.75) is 18.6 Å². The SMILES string of the molecule is Cl.FC(F)C(F)(F)Oc1ccccc1[C@H]1COCCN1. The molecule has 0 amide bonds. The number of rotatable bonds is 4. The van der Waals surface area contributed by atoms with Crippen molar-refractivity contribution >= 4 is 12.4 Å². The minimum atomic E-state index is -4.51. The molecule has 0 saturated carbocycles. The fraction of sp³-hybridized carbons (Fsp3) is 0.500. The number of alkyl halides is 4. The summed E-state index contributed by atoms with van der Waals surface area (Å²) in [5.74, 6) is -0.268. The van der Waals surface area contributed by atoms with Crippen LogP contribution in [0, 0.1) is 0 Å². The van der Waals surface area contributed by atoms with Gasteiger partial charge in [-0.05, 0) is 6.07 Å². The summed E-state index contributed by atoms with van der Waals surface area (Å²) >= 11 is 0. The molecule has 0 aromatic heterocycles. The monoisotopic (exact) mass is 315 g/mol. The van der Waals surface area contributed by atoms with Gasteiger partial charge < -0.3 is 14.8 Å². The summed E-state index contributed by atoms with van der Waals surface area (Å²) in [4.78, 5) is 0. The standard InChI is InChI=1S/C12H13F4NO2.ClH/c13-11(14)12(15,16)19-10-4-2-1-3-8(10)9-7-18-6-5-17-9;/h1-4,9,11,17H,5-7H2;1H/t9-;/m1./s1. The van der Waals surface area contributed by atoms with Gasteiger partial charge >= 0.3 is 12.5 Å². The largest absolute Gasteiger partial charge is 0.461 e. The molecule has 2 rings (SSSR count). The first-order valence-electron chi connectivity index (χ1n) is 5.76. The lowest BCUT2D eigenvalue weighted by molar-refractivity contribution is -0.253. The van der Waals surface area contributed by atoms with Crippen molar-refractivity contribution in [1.82, 2.24) is 5.32 Å². The molecule has 114 valence electrons. The molecule has 1 N–H and O–H groups in total. The second-order valence-corrected chi connectivity index (χ2v) is 4.08. The predicted octanol–water partition coefficient (Wildman–Crippen LogP) is 3.01. The molecule has 1 aliphatic heterocycles. The van der Waals surface area contributed by atoms with E-state index in [0.717, 1.165) is 0 Å². The molecule has 1 aromatic rings. The molecule has 0 spiro atoms. The average molecular weight is 316 g/mol. The second-order valence-electron chi connectivity index (χ2n) is 4.08. The molecule has 1 fully saturated rings. The second kappa shape index (κ2) is 7.10. The number of nitrogens with one attached hydrogen (secondary N) is 1. The quantitative estimate of drug-likeness (QED) is 0.867. The van der Waals surface area contributed by atoms with Crippen LogP contribution in [-0.4, -0.2) is 32.3 Å². The minimum Gasteiger partial charge on any atom is -0.428 e. The van der Waals surface area contributed by atoms with Gasteiger partial charge in [0.1, 0.15) is 5.75 Å². The van der Waals surface area contributed by atoms with E-state index in [0.29, 0.717) is 18.7 Å². The van der Waals surface area contributed by atoms with E-state index < -0.39 is 12.5 Å². The van der Waals surface area contributed by atoms with Gasteiger partial charge in [0.15, 0.2) is 0 Å². The third-order valence-corrected chi connectivity index (χ3v) is 2.72. The Morgan fingerprint density at radius 1 is 1.30 bits per heavy atom. The van der Waals surface area contributed by atoms with Crippen LogP contribution in [-0.2, 0) is 4.74 Å². The molecule has 1 aliphatic rings. The summed E-state index contributed by atoms with van der Waals surface area (Å²) in [6, 6.07) is 5.51. The molecule has 1 aromatic carbocycles. The molecule has 8 heteroatoms. The predicted molar refractivity (Wildman–Crippen MR) is 66.8 cm³/mol. The van der Waals surface area contributed by atoms with E-state index in [2.05, 4.69) is 10.1 Å². The van der Waals surface area contributed by atoms with Crippen LogP contribution in [0.25, 0.3) is 0 Å². The van der Waals surface area contributed by atoms with E-state index in [9.17, 15) is 17.6 Å². The van der Waals surface area contributed by atoms with Crippen molar-refractivity contribution in [3.63, 3.8) is 0 Å². The van der Waals surface area contributed by atoms with Crippen LogP contribution in [0.4, 0.5) is 17.6 Å². The van der Waals surface area contributed by atoms with Crippen LogP contribution in [0.1, 0.15) is 11.6 Å². The maximum absolute atomic E-state index is 13.0.